The van der Waals surface area contributed by atoms with Crippen LogP contribution in [-0.2, 0) is 14.8 Å². The van der Waals surface area contributed by atoms with Gasteiger partial charge in [0, 0.05) is 23.8 Å². The SMILES string of the molecule is Cc1cc(C)c(S(=O)(=O)N2CCC[C@@H](C(=O)Nc3ccc(Cl)cc3C)C2)c(C)c1. The molecule has 1 fully saturated rings. The van der Waals surface area contributed by atoms with E-state index in [1.165, 1.54) is 4.31 Å². The molecule has 0 saturated carbocycles. The molecule has 1 heterocycles. The summed E-state index contributed by atoms with van der Waals surface area (Å²) in [6.07, 6.45) is 1.32. The van der Waals surface area contributed by atoms with Crippen LogP contribution in [-0.4, -0.2) is 31.7 Å². The Balaban J connectivity index is 1.80. The second-order valence-corrected chi connectivity index (χ2v) is 10.2. The molecule has 0 spiro atoms. The van der Waals surface area contributed by atoms with Gasteiger partial charge in [-0.2, -0.15) is 4.31 Å². The summed E-state index contributed by atoms with van der Waals surface area (Å²) in [5, 5.41) is 3.54. The number of sulfonamides is 1. The number of hydrogen-bond acceptors (Lipinski definition) is 3. The summed E-state index contributed by atoms with van der Waals surface area (Å²) < 4.78 is 28.1. The van der Waals surface area contributed by atoms with E-state index >= 15 is 0 Å². The van der Waals surface area contributed by atoms with Gasteiger partial charge < -0.3 is 5.32 Å². The van der Waals surface area contributed by atoms with Crippen LogP contribution >= 0.6 is 11.6 Å². The standard InChI is InChI=1S/C22H27ClN2O3S/c1-14-10-16(3)21(17(4)11-14)29(27,28)25-9-5-6-18(13-25)22(26)24-20-8-7-19(23)12-15(20)2/h7-8,10-12,18H,5-6,9,13H2,1-4H3,(H,24,26)/t18-/m1/s1. The molecule has 156 valence electrons. The van der Waals surface area contributed by atoms with E-state index in [0.29, 0.717) is 35.0 Å². The van der Waals surface area contributed by atoms with Crippen molar-refractivity contribution in [1.82, 2.24) is 4.31 Å². The van der Waals surface area contributed by atoms with Crippen LogP contribution in [0.1, 0.15) is 35.1 Å². The van der Waals surface area contributed by atoms with Gasteiger partial charge in [0.25, 0.3) is 0 Å². The van der Waals surface area contributed by atoms with Crippen LogP contribution < -0.4 is 5.32 Å². The number of aryl methyl sites for hydroxylation is 4. The monoisotopic (exact) mass is 434 g/mol. The van der Waals surface area contributed by atoms with Gasteiger partial charge in [-0.15, -0.1) is 0 Å². The maximum absolute atomic E-state index is 13.3. The first-order valence-electron chi connectivity index (χ1n) is 9.74. The Bertz CT molecular complexity index is 1030. The third-order valence-corrected chi connectivity index (χ3v) is 7.81. The molecule has 1 atom stereocenters. The van der Waals surface area contributed by atoms with Crippen molar-refractivity contribution in [1.29, 1.82) is 0 Å². The van der Waals surface area contributed by atoms with Gasteiger partial charge in [-0.3, -0.25) is 4.79 Å². The maximum Gasteiger partial charge on any atom is 0.243 e. The lowest BCUT2D eigenvalue weighted by Crippen LogP contribution is -2.44. The molecule has 2 aromatic carbocycles. The van der Waals surface area contributed by atoms with Crippen molar-refractivity contribution in [3.05, 3.63) is 57.6 Å². The quantitative estimate of drug-likeness (QED) is 0.763. The Morgan fingerprint density at radius 3 is 2.34 bits per heavy atom. The molecule has 7 heteroatoms. The van der Waals surface area contributed by atoms with Crippen LogP contribution in [0.3, 0.4) is 0 Å². The lowest BCUT2D eigenvalue weighted by molar-refractivity contribution is -0.120. The molecule has 29 heavy (non-hydrogen) atoms. The lowest BCUT2D eigenvalue weighted by atomic mass is 9.98. The number of benzene rings is 2. The highest BCUT2D eigenvalue weighted by atomic mass is 35.5. The first-order chi connectivity index (χ1) is 13.6. The Morgan fingerprint density at radius 2 is 1.72 bits per heavy atom. The van der Waals surface area contributed by atoms with Crippen LogP contribution in [0.15, 0.2) is 35.2 Å². The fraction of sp³-hybridized carbons (Fsp3) is 0.409. The molecular weight excluding hydrogens is 408 g/mol. The Kier molecular flexibility index (Phi) is 6.36. The van der Waals surface area contributed by atoms with Crippen molar-refractivity contribution < 1.29 is 13.2 Å². The number of anilines is 1. The van der Waals surface area contributed by atoms with Gasteiger partial charge in [0.2, 0.25) is 15.9 Å². The molecular formula is C22H27ClN2O3S. The highest BCUT2D eigenvalue weighted by molar-refractivity contribution is 7.89. The number of nitrogens with one attached hydrogen (secondary N) is 1. The first kappa shape index (κ1) is 21.8. The van der Waals surface area contributed by atoms with Gasteiger partial charge in [0.1, 0.15) is 0 Å². The van der Waals surface area contributed by atoms with Crippen molar-refractivity contribution in [2.45, 2.75) is 45.4 Å². The van der Waals surface area contributed by atoms with Crippen LogP contribution in [0, 0.1) is 33.6 Å². The maximum atomic E-state index is 13.3. The first-order valence-corrected chi connectivity index (χ1v) is 11.6. The Labute approximate surface area is 178 Å². The molecule has 0 unspecified atom stereocenters. The molecule has 0 aliphatic carbocycles. The normalized spacial score (nSPS) is 17.9. The third kappa shape index (κ3) is 4.65. The zero-order valence-corrected chi connectivity index (χ0v) is 18.8. The number of nitrogens with zero attached hydrogens (tertiary/aromatic N) is 1. The van der Waals surface area contributed by atoms with Crippen molar-refractivity contribution >= 4 is 33.2 Å². The molecule has 3 rings (SSSR count). The van der Waals surface area contributed by atoms with Gasteiger partial charge in [0.15, 0.2) is 0 Å². The molecule has 0 bridgehead atoms. The predicted octanol–water partition coefficient (Wildman–Crippen LogP) is 4.61. The van der Waals surface area contributed by atoms with E-state index in [9.17, 15) is 13.2 Å². The zero-order chi connectivity index (χ0) is 21.3. The van der Waals surface area contributed by atoms with E-state index in [0.717, 1.165) is 22.3 Å². The van der Waals surface area contributed by atoms with E-state index in [2.05, 4.69) is 5.32 Å². The summed E-state index contributed by atoms with van der Waals surface area (Å²) in [5.74, 6) is -0.549. The minimum atomic E-state index is -3.66. The van der Waals surface area contributed by atoms with Crippen molar-refractivity contribution in [3.63, 3.8) is 0 Å². The van der Waals surface area contributed by atoms with Gasteiger partial charge >= 0.3 is 0 Å². The van der Waals surface area contributed by atoms with E-state index in [1.54, 1.807) is 18.2 Å². The topological polar surface area (TPSA) is 66.5 Å². The highest BCUT2D eigenvalue weighted by Gasteiger charge is 2.35. The molecule has 1 saturated heterocycles. The summed E-state index contributed by atoms with van der Waals surface area (Å²) in [5.41, 5.74) is 4.09. The smallest absolute Gasteiger partial charge is 0.243 e. The van der Waals surface area contributed by atoms with E-state index in [-0.39, 0.29) is 18.4 Å². The second-order valence-electron chi connectivity index (χ2n) is 7.88. The van der Waals surface area contributed by atoms with Gasteiger partial charge in [-0.25, -0.2) is 8.42 Å². The molecule has 1 aliphatic heterocycles. The van der Waals surface area contributed by atoms with Crippen LogP contribution in [0.25, 0.3) is 0 Å². The van der Waals surface area contributed by atoms with Gasteiger partial charge in [-0.1, -0.05) is 29.3 Å². The Hall–Kier alpha value is -1.89. The number of carbonyl (C=O) groups excluding carboxylic acids is 1. The second kappa shape index (κ2) is 8.46. The summed E-state index contributed by atoms with van der Waals surface area (Å²) in [4.78, 5) is 13.2. The van der Waals surface area contributed by atoms with Crippen molar-refractivity contribution in [2.24, 2.45) is 5.92 Å². The van der Waals surface area contributed by atoms with E-state index in [1.807, 2.05) is 39.8 Å². The number of amides is 1. The molecule has 5 nitrogen and oxygen atoms in total. The number of carbonyl (C=O) groups is 1. The third-order valence-electron chi connectivity index (χ3n) is 5.40. The lowest BCUT2D eigenvalue weighted by Gasteiger charge is -2.32. The fourth-order valence-electron chi connectivity index (χ4n) is 4.08. The number of halogens is 1. The van der Waals surface area contributed by atoms with E-state index < -0.39 is 10.0 Å². The number of hydrogen-bond donors (Lipinski definition) is 1. The average molecular weight is 435 g/mol. The van der Waals surface area contributed by atoms with Crippen LogP contribution in [0.4, 0.5) is 5.69 Å². The average Bonchev–Trinajstić information content (AvgIpc) is 2.63. The van der Waals surface area contributed by atoms with Crippen LogP contribution in [0.5, 0.6) is 0 Å². The minimum absolute atomic E-state index is 0.160. The molecule has 2 aromatic rings. The zero-order valence-electron chi connectivity index (χ0n) is 17.3. The van der Waals surface area contributed by atoms with E-state index in [4.69, 9.17) is 11.6 Å². The summed E-state index contributed by atoms with van der Waals surface area (Å²) in [6.45, 7) is 8.10. The summed E-state index contributed by atoms with van der Waals surface area (Å²) in [6, 6.07) is 9.06. The number of piperidine rings is 1. The van der Waals surface area contributed by atoms with Crippen molar-refractivity contribution in [2.75, 3.05) is 18.4 Å². The minimum Gasteiger partial charge on any atom is -0.326 e. The van der Waals surface area contributed by atoms with Gasteiger partial charge in [0.05, 0.1) is 10.8 Å². The summed E-state index contributed by atoms with van der Waals surface area (Å²) >= 11 is 5.98. The fourth-order valence-corrected chi connectivity index (χ4v) is 6.24. The predicted molar refractivity (Wildman–Crippen MR) is 117 cm³/mol. The Morgan fingerprint density at radius 1 is 1.07 bits per heavy atom. The van der Waals surface area contributed by atoms with Gasteiger partial charge in [-0.05, 0) is 75.4 Å². The molecule has 1 N–H and O–H groups in total. The molecule has 1 aliphatic rings. The molecule has 0 radical (unpaired) electrons. The van der Waals surface area contributed by atoms with Crippen LogP contribution in [0.2, 0.25) is 5.02 Å². The molecule has 0 aromatic heterocycles. The highest BCUT2D eigenvalue weighted by Crippen LogP contribution is 2.29. The number of rotatable bonds is 4. The molecule has 1 amide bonds. The largest absolute Gasteiger partial charge is 0.326 e. The summed E-state index contributed by atoms with van der Waals surface area (Å²) in [7, 11) is -3.66. The van der Waals surface area contributed by atoms with Crippen molar-refractivity contribution in [3.8, 4) is 0 Å².